The second kappa shape index (κ2) is 5.15. The van der Waals surface area contributed by atoms with Gasteiger partial charge in [0.2, 0.25) is 0 Å². The molecule has 23 heavy (non-hydrogen) atoms. The predicted octanol–water partition coefficient (Wildman–Crippen LogP) is 3.95. The molecule has 2 aromatic rings. The molecule has 4 rings (SSSR count). The number of nitrogens with one attached hydrogen (secondary N) is 1. The Kier molecular flexibility index (Phi) is 3.22. The number of para-hydroxylation sites is 1. The van der Waals surface area contributed by atoms with E-state index in [1.165, 1.54) is 10.9 Å². The minimum Gasteiger partial charge on any atom is -0.355 e. The van der Waals surface area contributed by atoms with Crippen molar-refractivity contribution in [3.63, 3.8) is 0 Å². The Hall–Kier alpha value is -2.23. The molecular formula is C19H23N3O. The van der Waals surface area contributed by atoms with E-state index in [1.807, 2.05) is 16.0 Å². The van der Waals surface area contributed by atoms with Gasteiger partial charge in [-0.15, -0.1) is 0 Å². The molecule has 1 saturated heterocycles. The first kappa shape index (κ1) is 14.4. The van der Waals surface area contributed by atoms with E-state index in [4.69, 9.17) is 0 Å². The fourth-order valence-electron chi connectivity index (χ4n) is 3.96. The van der Waals surface area contributed by atoms with E-state index in [0.717, 1.165) is 37.1 Å². The summed E-state index contributed by atoms with van der Waals surface area (Å²) < 4.78 is 0. The van der Waals surface area contributed by atoms with Gasteiger partial charge >= 0.3 is 6.03 Å². The number of H-pyrrole nitrogens is 1. The number of hydrogen-bond donors (Lipinski definition) is 1. The van der Waals surface area contributed by atoms with Gasteiger partial charge in [0.15, 0.2) is 0 Å². The zero-order chi connectivity index (χ0) is 16.0. The summed E-state index contributed by atoms with van der Waals surface area (Å²) in [6, 6.07) is 8.55. The third-order valence-corrected chi connectivity index (χ3v) is 5.02. The van der Waals surface area contributed by atoms with E-state index in [9.17, 15) is 4.79 Å². The standard InChI is InChI=1S/C19H23N3O/c1-19(2)13-22(18(23)21-10-5-6-11-21)12-9-16-17(19)14-7-3-4-8-15(14)20-16/h3-4,7-9,12,20H,5-6,10-11,13H2,1-2H3. The van der Waals surface area contributed by atoms with Crippen LogP contribution in [0.3, 0.4) is 0 Å². The summed E-state index contributed by atoms with van der Waals surface area (Å²) in [6.45, 7) is 6.93. The number of likely N-dealkylation sites (tertiary alicyclic amines) is 1. The van der Waals surface area contributed by atoms with Crippen LogP contribution in [0, 0.1) is 0 Å². The van der Waals surface area contributed by atoms with E-state index in [2.05, 4.69) is 49.2 Å². The number of benzene rings is 1. The molecule has 120 valence electrons. The van der Waals surface area contributed by atoms with Crippen LogP contribution in [0.25, 0.3) is 17.0 Å². The first-order valence-electron chi connectivity index (χ1n) is 8.41. The van der Waals surface area contributed by atoms with Crippen molar-refractivity contribution in [1.82, 2.24) is 14.8 Å². The van der Waals surface area contributed by atoms with Crippen LogP contribution in [-0.2, 0) is 5.41 Å². The quantitative estimate of drug-likeness (QED) is 0.786. The summed E-state index contributed by atoms with van der Waals surface area (Å²) in [6.07, 6.45) is 6.24. The van der Waals surface area contributed by atoms with Gasteiger partial charge in [-0.3, -0.25) is 0 Å². The molecule has 4 heteroatoms. The number of rotatable bonds is 0. The van der Waals surface area contributed by atoms with Gasteiger partial charge in [-0.2, -0.15) is 0 Å². The monoisotopic (exact) mass is 309 g/mol. The fourth-order valence-corrected chi connectivity index (χ4v) is 3.96. The highest BCUT2D eigenvalue weighted by Crippen LogP contribution is 2.37. The molecule has 1 N–H and O–H groups in total. The van der Waals surface area contributed by atoms with Gasteiger partial charge < -0.3 is 14.8 Å². The number of urea groups is 1. The van der Waals surface area contributed by atoms with Crippen molar-refractivity contribution in [2.24, 2.45) is 0 Å². The smallest absolute Gasteiger partial charge is 0.324 e. The molecule has 2 aliphatic rings. The third-order valence-electron chi connectivity index (χ3n) is 5.02. The van der Waals surface area contributed by atoms with Crippen LogP contribution in [0.5, 0.6) is 0 Å². The molecule has 4 nitrogen and oxygen atoms in total. The largest absolute Gasteiger partial charge is 0.355 e. The van der Waals surface area contributed by atoms with E-state index in [0.29, 0.717) is 6.54 Å². The van der Waals surface area contributed by atoms with E-state index < -0.39 is 0 Å². The number of nitrogens with zero attached hydrogens (tertiary/aromatic N) is 2. The van der Waals surface area contributed by atoms with Gasteiger partial charge in [-0.05, 0) is 30.5 Å². The molecule has 0 unspecified atom stereocenters. The number of amides is 2. The molecule has 0 radical (unpaired) electrons. The Morgan fingerprint density at radius 2 is 1.91 bits per heavy atom. The van der Waals surface area contributed by atoms with Gasteiger partial charge in [0.1, 0.15) is 0 Å². The average molecular weight is 309 g/mol. The highest BCUT2D eigenvalue weighted by Gasteiger charge is 2.34. The molecule has 0 saturated carbocycles. The highest BCUT2D eigenvalue weighted by atomic mass is 16.2. The van der Waals surface area contributed by atoms with Crippen LogP contribution in [0.2, 0.25) is 0 Å². The topological polar surface area (TPSA) is 39.3 Å². The Morgan fingerprint density at radius 1 is 1.17 bits per heavy atom. The summed E-state index contributed by atoms with van der Waals surface area (Å²) in [5.41, 5.74) is 3.48. The fraction of sp³-hybridized carbons (Fsp3) is 0.421. The van der Waals surface area contributed by atoms with Crippen molar-refractivity contribution in [3.8, 4) is 0 Å². The van der Waals surface area contributed by atoms with Crippen LogP contribution in [0.15, 0.2) is 30.5 Å². The Balaban J connectivity index is 1.74. The lowest BCUT2D eigenvalue weighted by Crippen LogP contribution is -2.43. The second-order valence-electron chi connectivity index (χ2n) is 7.26. The molecule has 0 atom stereocenters. The Labute approximate surface area is 136 Å². The van der Waals surface area contributed by atoms with E-state index >= 15 is 0 Å². The maximum atomic E-state index is 12.8. The maximum Gasteiger partial charge on any atom is 0.324 e. The van der Waals surface area contributed by atoms with Gasteiger partial charge in [-0.25, -0.2) is 4.79 Å². The molecule has 0 bridgehead atoms. The molecule has 0 spiro atoms. The molecule has 2 amide bonds. The Morgan fingerprint density at radius 3 is 2.70 bits per heavy atom. The van der Waals surface area contributed by atoms with Crippen LogP contribution < -0.4 is 0 Å². The summed E-state index contributed by atoms with van der Waals surface area (Å²) in [4.78, 5) is 20.1. The van der Waals surface area contributed by atoms with E-state index in [-0.39, 0.29) is 11.4 Å². The van der Waals surface area contributed by atoms with Crippen LogP contribution >= 0.6 is 0 Å². The van der Waals surface area contributed by atoms with Gasteiger partial charge in [0, 0.05) is 47.8 Å². The van der Waals surface area contributed by atoms with Crippen molar-refractivity contribution in [2.75, 3.05) is 19.6 Å². The van der Waals surface area contributed by atoms with Gasteiger partial charge in [0.05, 0.1) is 0 Å². The summed E-state index contributed by atoms with van der Waals surface area (Å²) in [5.74, 6) is 0. The van der Waals surface area contributed by atoms with Crippen molar-refractivity contribution in [2.45, 2.75) is 32.1 Å². The molecule has 1 aromatic heterocycles. The first-order valence-corrected chi connectivity index (χ1v) is 8.41. The molecular weight excluding hydrogens is 286 g/mol. The average Bonchev–Trinajstić information content (AvgIpc) is 3.15. The lowest BCUT2D eigenvalue weighted by Gasteiger charge is -2.32. The normalized spacial score (nSPS) is 19.9. The third kappa shape index (κ3) is 2.33. The van der Waals surface area contributed by atoms with Crippen molar-refractivity contribution in [1.29, 1.82) is 0 Å². The molecule has 1 aromatic carbocycles. The number of aromatic nitrogens is 1. The van der Waals surface area contributed by atoms with E-state index in [1.54, 1.807) is 0 Å². The Bertz CT molecular complexity index is 781. The zero-order valence-corrected chi connectivity index (χ0v) is 13.8. The van der Waals surface area contributed by atoms with Gasteiger partial charge in [0.25, 0.3) is 0 Å². The molecule has 3 heterocycles. The molecule has 1 fully saturated rings. The summed E-state index contributed by atoms with van der Waals surface area (Å²) in [5, 5.41) is 1.26. The lowest BCUT2D eigenvalue weighted by atomic mass is 9.82. The number of carbonyl (C=O) groups excluding carboxylic acids is 1. The lowest BCUT2D eigenvalue weighted by molar-refractivity contribution is 0.173. The second-order valence-corrected chi connectivity index (χ2v) is 7.26. The first-order chi connectivity index (χ1) is 11.1. The van der Waals surface area contributed by atoms with Gasteiger partial charge in [-0.1, -0.05) is 32.0 Å². The number of fused-ring (bicyclic) bond motifs is 3. The van der Waals surface area contributed by atoms with Crippen LogP contribution in [0.4, 0.5) is 4.79 Å². The number of carbonyl (C=O) groups is 1. The minimum atomic E-state index is -0.103. The molecule has 2 aliphatic heterocycles. The van der Waals surface area contributed by atoms with Crippen molar-refractivity contribution >= 4 is 23.0 Å². The highest BCUT2D eigenvalue weighted by molar-refractivity contribution is 5.89. The maximum absolute atomic E-state index is 12.8. The van der Waals surface area contributed by atoms with Crippen molar-refractivity contribution in [3.05, 3.63) is 41.7 Å². The zero-order valence-electron chi connectivity index (χ0n) is 13.8. The predicted molar refractivity (Wildman–Crippen MR) is 93.3 cm³/mol. The van der Waals surface area contributed by atoms with Crippen molar-refractivity contribution < 1.29 is 4.79 Å². The van der Waals surface area contributed by atoms with Crippen LogP contribution in [0.1, 0.15) is 37.9 Å². The summed E-state index contributed by atoms with van der Waals surface area (Å²) >= 11 is 0. The number of aromatic amines is 1. The SMILES string of the molecule is CC1(C)CN(C(=O)N2CCCC2)C=Cc2[nH]c3ccccc3c21. The number of hydrogen-bond acceptors (Lipinski definition) is 1. The minimum absolute atomic E-state index is 0.103. The summed E-state index contributed by atoms with van der Waals surface area (Å²) in [7, 11) is 0. The van der Waals surface area contributed by atoms with Crippen LogP contribution in [-0.4, -0.2) is 40.4 Å². The molecule has 0 aliphatic carbocycles.